The molecule has 6 heteroatoms. The van der Waals surface area contributed by atoms with Crippen LogP contribution in [0.25, 0.3) is 0 Å². The number of nitro groups is 1. The van der Waals surface area contributed by atoms with Crippen molar-refractivity contribution in [3.8, 4) is 0 Å². The molecule has 0 bridgehead atoms. The second-order valence-electron chi connectivity index (χ2n) is 4.47. The Morgan fingerprint density at radius 3 is 1.86 bits per heavy atom. The van der Waals surface area contributed by atoms with Gasteiger partial charge in [-0.25, -0.2) is 0 Å². The van der Waals surface area contributed by atoms with Crippen LogP contribution in [0.4, 0.5) is 5.69 Å². The molecule has 106 valence electrons. The highest BCUT2D eigenvalue weighted by atomic mass is 16.6. The molecule has 0 aliphatic carbocycles. The van der Waals surface area contributed by atoms with Gasteiger partial charge in [-0.15, -0.1) is 0 Å². The molecule has 0 aliphatic rings. The summed E-state index contributed by atoms with van der Waals surface area (Å²) in [7, 11) is 0. The largest absolute Gasteiger partial charge is 0.369 e. The maximum Gasteiger partial charge on any atom is 0.269 e. The van der Waals surface area contributed by atoms with Crippen LogP contribution in [-0.2, 0) is 11.2 Å². The van der Waals surface area contributed by atoms with Crippen LogP contribution in [0.3, 0.4) is 0 Å². The zero-order valence-corrected chi connectivity index (χ0v) is 11.0. The summed E-state index contributed by atoms with van der Waals surface area (Å²) < 4.78 is 0. The first-order chi connectivity index (χ1) is 9.97. The van der Waals surface area contributed by atoms with E-state index in [-0.39, 0.29) is 17.9 Å². The Morgan fingerprint density at radius 1 is 0.952 bits per heavy atom. The SMILES string of the molecule is NC(=O)Cc1ccc(C(=O)c2ccc([N+](=O)[O-])cc2)cc1. The second-order valence-corrected chi connectivity index (χ2v) is 4.47. The standard InChI is InChI=1S/C15H12N2O4/c16-14(18)9-10-1-3-11(4-2-10)15(19)12-5-7-13(8-6-12)17(20)21/h1-8H,9H2,(H2,16,18). The third kappa shape index (κ3) is 3.50. The Balaban J connectivity index is 2.19. The predicted molar refractivity (Wildman–Crippen MR) is 75.9 cm³/mol. The zero-order chi connectivity index (χ0) is 15.4. The topological polar surface area (TPSA) is 103 Å². The molecular formula is C15H12N2O4. The van der Waals surface area contributed by atoms with Gasteiger partial charge in [0, 0.05) is 23.3 Å². The van der Waals surface area contributed by atoms with Crippen molar-refractivity contribution in [1.82, 2.24) is 0 Å². The van der Waals surface area contributed by atoms with Crippen LogP contribution in [0.1, 0.15) is 21.5 Å². The molecule has 0 saturated carbocycles. The summed E-state index contributed by atoms with van der Waals surface area (Å²) >= 11 is 0. The van der Waals surface area contributed by atoms with Gasteiger partial charge in [0.1, 0.15) is 0 Å². The molecule has 2 N–H and O–H groups in total. The lowest BCUT2D eigenvalue weighted by molar-refractivity contribution is -0.384. The zero-order valence-electron chi connectivity index (χ0n) is 11.0. The number of amides is 1. The van der Waals surface area contributed by atoms with Crippen LogP contribution in [0.15, 0.2) is 48.5 Å². The molecule has 0 saturated heterocycles. The summed E-state index contributed by atoms with van der Waals surface area (Å²) in [5.74, 6) is -0.681. The van der Waals surface area contributed by atoms with Crippen molar-refractivity contribution in [2.45, 2.75) is 6.42 Å². The number of benzene rings is 2. The van der Waals surface area contributed by atoms with E-state index < -0.39 is 10.8 Å². The quantitative estimate of drug-likeness (QED) is 0.514. The summed E-state index contributed by atoms with van der Waals surface area (Å²) in [5.41, 5.74) is 6.56. The van der Waals surface area contributed by atoms with Crippen LogP contribution in [0, 0.1) is 10.1 Å². The van der Waals surface area contributed by atoms with Crippen molar-refractivity contribution in [3.63, 3.8) is 0 Å². The van der Waals surface area contributed by atoms with Gasteiger partial charge >= 0.3 is 0 Å². The van der Waals surface area contributed by atoms with Gasteiger partial charge in [0.15, 0.2) is 5.78 Å². The Labute approximate surface area is 120 Å². The highest BCUT2D eigenvalue weighted by molar-refractivity contribution is 6.09. The molecule has 2 aromatic carbocycles. The smallest absolute Gasteiger partial charge is 0.269 e. The summed E-state index contributed by atoms with van der Waals surface area (Å²) in [6, 6.07) is 11.9. The normalized spacial score (nSPS) is 10.1. The highest BCUT2D eigenvalue weighted by Crippen LogP contribution is 2.16. The number of nitrogens with zero attached hydrogens (tertiary/aromatic N) is 1. The third-order valence-corrected chi connectivity index (χ3v) is 2.93. The van der Waals surface area contributed by atoms with Crippen LogP contribution >= 0.6 is 0 Å². The van der Waals surface area contributed by atoms with Crippen LogP contribution in [0.5, 0.6) is 0 Å². The first kappa shape index (κ1) is 14.4. The molecule has 0 radical (unpaired) electrons. The molecule has 0 aliphatic heterocycles. The molecule has 0 atom stereocenters. The van der Waals surface area contributed by atoms with Crippen LogP contribution in [0.2, 0.25) is 0 Å². The van der Waals surface area contributed by atoms with Gasteiger partial charge in [0.25, 0.3) is 5.69 Å². The lowest BCUT2D eigenvalue weighted by Crippen LogP contribution is -2.13. The Kier molecular flexibility index (Phi) is 4.08. The van der Waals surface area contributed by atoms with Crippen LogP contribution in [-0.4, -0.2) is 16.6 Å². The van der Waals surface area contributed by atoms with Gasteiger partial charge < -0.3 is 5.73 Å². The summed E-state index contributed by atoms with van der Waals surface area (Å²) in [6.07, 6.45) is 0.117. The molecule has 0 fully saturated rings. The van der Waals surface area contributed by atoms with Crippen molar-refractivity contribution in [2.75, 3.05) is 0 Å². The van der Waals surface area contributed by atoms with Gasteiger partial charge in [0.2, 0.25) is 5.91 Å². The second kappa shape index (κ2) is 5.96. The molecule has 1 amide bonds. The van der Waals surface area contributed by atoms with E-state index >= 15 is 0 Å². The van der Waals surface area contributed by atoms with Crippen molar-refractivity contribution in [2.24, 2.45) is 5.73 Å². The highest BCUT2D eigenvalue weighted by Gasteiger charge is 2.11. The minimum Gasteiger partial charge on any atom is -0.369 e. The molecule has 2 aromatic rings. The van der Waals surface area contributed by atoms with E-state index in [4.69, 9.17) is 5.73 Å². The summed E-state index contributed by atoms with van der Waals surface area (Å²) in [6.45, 7) is 0. The van der Waals surface area contributed by atoms with Crippen LogP contribution < -0.4 is 5.73 Å². The van der Waals surface area contributed by atoms with Gasteiger partial charge in [-0.3, -0.25) is 19.7 Å². The number of non-ortho nitro benzene ring substituents is 1. The molecular weight excluding hydrogens is 272 g/mol. The van der Waals surface area contributed by atoms with Crippen molar-refractivity contribution < 1.29 is 14.5 Å². The summed E-state index contributed by atoms with van der Waals surface area (Å²) in [5, 5.41) is 10.6. The van der Waals surface area contributed by atoms with Crippen molar-refractivity contribution in [1.29, 1.82) is 0 Å². The maximum atomic E-state index is 12.2. The molecule has 0 aromatic heterocycles. The number of nitro benzene ring substituents is 1. The Bertz CT molecular complexity index is 691. The fourth-order valence-corrected chi connectivity index (χ4v) is 1.88. The number of carbonyl (C=O) groups excluding carboxylic acids is 2. The van der Waals surface area contributed by atoms with Gasteiger partial charge in [-0.2, -0.15) is 0 Å². The first-order valence-electron chi connectivity index (χ1n) is 6.14. The van der Waals surface area contributed by atoms with E-state index in [9.17, 15) is 19.7 Å². The number of ketones is 1. The molecule has 2 rings (SSSR count). The maximum absolute atomic E-state index is 12.2. The predicted octanol–water partition coefficient (Wildman–Crippen LogP) is 1.85. The Hall–Kier alpha value is -3.02. The van der Waals surface area contributed by atoms with Crippen molar-refractivity contribution in [3.05, 3.63) is 75.3 Å². The van der Waals surface area contributed by atoms with E-state index in [1.807, 2.05) is 0 Å². The number of primary amides is 1. The van der Waals surface area contributed by atoms with E-state index in [0.717, 1.165) is 5.56 Å². The third-order valence-electron chi connectivity index (χ3n) is 2.93. The number of nitrogens with two attached hydrogens (primary N) is 1. The van der Waals surface area contributed by atoms with Gasteiger partial charge in [0.05, 0.1) is 11.3 Å². The summed E-state index contributed by atoms with van der Waals surface area (Å²) in [4.78, 5) is 33.0. The average Bonchev–Trinajstić information content (AvgIpc) is 2.47. The fraction of sp³-hybridized carbons (Fsp3) is 0.0667. The number of carbonyl (C=O) groups is 2. The lowest BCUT2D eigenvalue weighted by atomic mass is 10.0. The number of rotatable bonds is 5. The van der Waals surface area contributed by atoms with E-state index in [2.05, 4.69) is 0 Å². The molecule has 0 spiro atoms. The molecule has 0 heterocycles. The minimum absolute atomic E-state index is 0.0663. The average molecular weight is 284 g/mol. The van der Waals surface area contributed by atoms with E-state index in [1.165, 1.54) is 24.3 Å². The molecule has 21 heavy (non-hydrogen) atoms. The van der Waals surface area contributed by atoms with Gasteiger partial charge in [-0.1, -0.05) is 24.3 Å². The van der Waals surface area contributed by atoms with Crippen molar-refractivity contribution >= 4 is 17.4 Å². The fourth-order valence-electron chi connectivity index (χ4n) is 1.88. The van der Waals surface area contributed by atoms with E-state index in [0.29, 0.717) is 11.1 Å². The lowest BCUT2D eigenvalue weighted by Gasteiger charge is -2.03. The first-order valence-corrected chi connectivity index (χ1v) is 6.14. The Morgan fingerprint density at radius 2 is 1.43 bits per heavy atom. The number of hydrogen-bond acceptors (Lipinski definition) is 4. The van der Waals surface area contributed by atoms with E-state index in [1.54, 1.807) is 24.3 Å². The van der Waals surface area contributed by atoms with Gasteiger partial charge in [-0.05, 0) is 17.7 Å². The molecule has 6 nitrogen and oxygen atoms in total. The monoisotopic (exact) mass is 284 g/mol. The number of hydrogen-bond donors (Lipinski definition) is 1. The minimum atomic E-state index is -0.521. The molecule has 0 unspecified atom stereocenters.